The summed E-state index contributed by atoms with van der Waals surface area (Å²) < 4.78 is 18.9. The zero-order chi connectivity index (χ0) is 20.3. The van der Waals surface area contributed by atoms with E-state index in [1.54, 1.807) is 27.3 Å². The molecular formula is C19H18FN5O3. The summed E-state index contributed by atoms with van der Waals surface area (Å²) in [5.74, 6) is -0.236. The lowest BCUT2D eigenvalue weighted by Crippen LogP contribution is -2.42. The number of aryl methyl sites for hydroxylation is 2. The van der Waals surface area contributed by atoms with Crippen molar-refractivity contribution in [1.29, 1.82) is 0 Å². The van der Waals surface area contributed by atoms with Gasteiger partial charge in [0.05, 0.1) is 6.04 Å². The molecule has 0 saturated carbocycles. The van der Waals surface area contributed by atoms with Gasteiger partial charge in [0.25, 0.3) is 5.56 Å². The number of benzene rings is 1. The molecular weight excluding hydrogens is 365 g/mol. The van der Waals surface area contributed by atoms with Crippen molar-refractivity contribution < 1.29 is 9.18 Å². The first-order chi connectivity index (χ1) is 13.2. The van der Waals surface area contributed by atoms with Gasteiger partial charge < -0.3 is 0 Å². The number of halogens is 1. The molecule has 0 saturated heterocycles. The normalized spacial score (nSPS) is 12.8. The van der Waals surface area contributed by atoms with E-state index >= 15 is 0 Å². The largest absolute Gasteiger partial charge is 0.333 e. The van der Waals surface area contributed by atoms with Crippen LogP contribution < -0.4 is 11.2 Å². The van der Waals surface area contributed by atoms with Crippen LogP contribution in [0.1, 0.15) is 25.6 Å². The van der Waals surface area contributed by atoms with E-state index in [1.807, 2.05) is 6.92 Å². The first kappa shape index (κ1) is 17.9. The molecule has 4 rings (SSSR count). The number of carbonyl (C=O) groups excluding carboxylic acids is 1. The zero-order valence-electron chi connectivity index (χ0n) is 15.8. The molecule has 3 heterocycles. The van der Waals surface area contributed by atoms with E-state index in [4.69, 9.17) is 0 Å². The van der Waals surface area contributed by atoms with Gasteiger partial charge in [-0.25, -0.2) is 13.8 Å². The molecule has 0 aliphatic heterocycles. The van der Waals surface area contributed by atoms with E-state index < -0.39 is 17.3 Å². The number of hydrogen-bond donors (Lipinski definition) is 0. The van der Waals surface area contributed by atoms with Crippen LogP contribution >= 0.6 is 0 Å². The lowest BCUT2D eigenvalue weighted by atomic mass is 10.2. The van der Waals surface area contributed by atoms with Gasteiger partial charge in [-0.15, -0.1) is 0 Å². The smallest absolute Gasteiger partial charge is 0.298 e. The molecule has 9 heteroatoms. The van der Waals surface area contributed by atoms with Gasteiger partial charge in [0.15, 0.2) is 16.9 Å². The van der Waals surface area contributed by atoms with Crippen molar-refractivity contribution in [3.05, 3.63) is 62.8 Å². The first-order valence-corrected chi connectivity index (χ1v) is 8.70. The zero-order valence-corrected chi connectivity index (χ0v) is 15.8. The minimum Gasteiger partial charge on any atom is -0.298 e. The summed E-state index contributed by atoms with van der Waals surface area (Å²) in [5, 5.41) is 0. The minimum atomic E-state index is -0.888. The third-order valence-electron chi connectivity index (χ3n) is 5.04. The van der Waals surface area contributed by atoms with Crippen molar-refractivity contribution in [3.8, 4) is 5.69 Å². The Balaban J connectivity index is 2.14. The molecule has 8 nitrogen and oxygen atoms in total. The fourth-order valence-electron chi connectivity index (χ4n) is 3.41. The average molecular weight is 383 g/mol. The molecule has 1 atom stereocenters. The van der Waals surface area contributed by atoms with E-state index in [0.29, 0.717) is 11.5 Å². The standard InChI is InChI=1S/C19H18FN5O3/c1-10-9-23-15-16(21-18(23)24(10)14-7-5-13(20)6-8-14)22(4)19(28)25(17(15)27)11(2)12(3)26/h5-9,11H,1-4H3/t11-/m0/s1. The number of carbonyl (C=O) groups is 1. The summed E-state index contributed by atoms with van der Waals surface area (Å²) in [5.41, 5.74) is 0.680. The van der Waals surface area contributed by atoms with Gasteiger partial charge in [0.2, 0.25) is 5.78 Å². The van der Waals surface area contributed by atoms with Crippen LogP contribution in [0.5, 0.6) is 0 Å². The summed E-state index contributed by atoms with van der Waals surface area (Å²) in [4.78, 5) is 42.1. The second-order valence-electron chi connectivity index (χ2n) is 6.84. The highest BCUT2D eigenvalue weighted by atomic mass is 19.1. The maximum Gasteiger partial charge on any atom is 0.333 e. The Kier molecular flexibility index (Phi) is 3.84. The number of fused-ring (bicyclic) bond motifs is 3. The van der Waals surface area contributed by atoms with E-state index in [0.717, 1.165) is 10.3 Å². The Labute approximate surface area is 158 Å². The molecule has 0 aliphatic rings. The van der Waals surface area contributed by atoms with Crippen molar-refractivity contribution in [2.45, 2.75) is 26.8 Å². The predicted molar refractivity (Wildman–Crippen MR) is 102 cm³/mol. The summed E-state index contributed by atoms with van der Waals surface area (Å²) >= 11 is 0. The van der Waals surface area contributed by atoms with E-state index in [9.17, 15) is 18.8 Å². The Morgan fingerprint density at radius 1 is 1.18 bits per heavy atom. The molecule has 4 aromatic rings. The number of rotatable bonds is 3. The second-order valence-corrected chi connectivity index (χ2v) is 6.84. The molecule has 0 radical (unpaired) electrons. The third kappa shape index (κ3) is 2.35. The van der Waals surface area contributed by atoms with E-state index in [2.05, 4.69) is 4.98 Å². The topological polar surface area (TPSA) is 83.3 Å². The SMILES string of the molecule is CC(=O)[C@H](C)n1c(=O)c2c(nc3n(-c4ccc(F)cc4)c(C)cn23)n(C)c1=O. The Hall–Kier alpha value is -3.49. The summed E-state index contributed by atoms with van der Waals surface area (Å²) in [7, 11) is 1.51. The second kappa shape index (κ2) is 6.01. The number of aromatic nitrogens is 5. The quantitative estimate of drug-likeness (QED) is 0.539. The van der Waals surface area contributed by atoms with Gasteiger partial charge in [0, 0.05) is 24.6 Å². The maximum atomic E-state index is 13.3. The van der Waals surface area contributed by atoms with Gasteiger partial charge in [-0.3, -0.25) is 23.1 Å². The van der Waals surface area contributed by atoms with E-state index in [-0.39, 0.29) is 22.8 Å². The highest BCUT2D eigenvalue weighted by Gasteiger charge is 2.24. The van der Waals surface area contributed by atoms with Gasteiger partial charge >= 0.3 is 5.69 Å². The fraction of sp³-hybridized carbons (Fsp3) is 0.263. The molecule has 0 N–H and O–H groups in total. The Morgan fingerprint density at radius 2 is 1.82 bits per heavy atom. The fourth-order valence-corrected chi connectivity index (χ4v) is 3.41. The highest BCUT2D eigenvalue weighted by molar-refractivity contribution is 5.81. The van der Waals surface area contributed by atoms with Crippen molar-refractivity contribution in [3.63, 3.8) is 0 Å². The first-order valence-electron chi connectivity index (χ1n) is 8.70. The van der Waals surface area contributed by atoms with Gasteiger partial charge in [-0.05, 0) is 45.0 Å². The molecule has 0 aliphatic carbocycles. The summed E-state index contributed by atoms with van der Waals surface area (Å²) in [6, 6.07) is 5.01. The van der Waals surface area contributed by atoms with Crippen molar-refractivity contribution in [2.24, 2.45) is 7.05 Å². The lowest BCUT2D eigenvalue weighted by Gasteiger charge is -2.12. The molecule has 3 aromatic heterocycles. The highest BCUT2D eigenvalue weighted by Crippen LogP contribution is 2.21. The number of nitrogens with zero attached hydrogens (tertiary/aromatic N) is 5. The van der Waals surface area contributed by atoms with Crippen molar-refractivity contribution in [2.75, 3.05) is 0 Å². The van der Waals surface area contributed by atoms with Crippen LogP contribution in [-0.2, 0) is 11.8 Å². The predicted octanol–water partition coefficient (Wildman–Crippen LogP) is 1.74. The molecule has 0 bridgehead atoms. The maximum absolute atomic E-state index is 13.3. The average Bonchev–Trinajstić information content (AvgIpc) is 3.15. The van der Waals surface area contributed by atoms with Crippen molar-refractivity contribution >= 4 is 22.7 Å². The van der Waals surface area contributed by atoms with Crippen LogP contribution in [0, 0.1) is 12.7 Å². The van der Waals surface area contributed by atoms with Crippen LogP contribution in [0.4, 0.5) is 4.39 Å². The number of Topliss-reactive ketones (excluding diaryl/α,β-unsaturated/α-hetero) is 1. The number of ketones is 1. The molecule has 28 heavy (non-hydrogen) atoms. The molecule has 144 valence electrons. The van der Waals surface area contributed by atoms with Gasteiger partial charge in [0.1, 0.15) is 5.82 Å². The number of imidazole rings is 2. The van der Waals surface area contributed by atoms with Gasteiger partial charge in [-0.1, -0.05) is 0 Å². The number of hydrogen-bond acceptors (Lipinski definition) is 4. The Bertz CT molecular complexity index is 1370. The van der Waals surface area contributed by atoms with Crippen LogP contribution in [0.15, 0.2) is 40.1 Å². The van der Waals surface area contributed by atoms with Crippen LogP contribution in [0.3, 0.4) is 0 Å². The third-order valence-corrected chi connectivity index (χ3v) is 5.04. The monoisotopic (exact) mass is 383 g/mol. The molecule has 0 unspecified atom stereocenters. The summed E-state index contributed by atoms with van der Waals surface area (Å²) in [6.07, 6.45) is 1.72. The molecule has 0 fully saturated rings. The van der Waals surface area contributed by atoms with E-state index in [1.165, 1.54) is 37.6 Å². The molecule has 0 spiro atoms. The van der Waals surface area contributed by atoms with Crippen LogP contribution in [0.2, 0.25) is 0 Å². The minimum absolute atomic E-state index is 0.203. The van der Waals surface area contributed by atoms with Gasteiger partial charge in [-0.2, -0.15) is 4.98 Å². The molecule has 1 aromatic carbocycles. The van der Waals surface area contributed by atoms with Crippen molar-refractivity contribution in [1.82, 2.24) is 23.1 Å². The molecule has 0 amide bonds. The van der Waals surface area contributed by atoms with Crippen LogP contribution in [0.25, 0.3) is 22.6 Å². The lowest BCUT2D eigenvalue weighted by molar-refractivity contribution is -0.119. The Morgan fingerprint density at radius 3 is 2.43 bits per heavy atom. The van der Waals surface area contributed by atoms with Crippen LogP contribution in [-0.4, -0.2) is 28.9 Å². The summed E-state index contributed by atoms with van der Waals surface area (Å²) in [6.45, 7) is 4.69.